The standard InChI is InChI=1S/C17H13ClFNO2/c1-10-2-4-13(8-15(10)18)20-17(21)6-11-9-22-16-5-3-12(19)7-14(11)16/h2-5,7-9H,6H2,1H3,(H,20,21). The van der Waals surface area contributed by atoms with Crippen molar-refractivity contribution in [2.75, 3.05) is 5.32 Å². The van der Waals surface area contributed by atoms with E-state index in [1.807, 2.05) is 13.0 Å². The van der Waals surface area contributed by atoms with E-state index in [9.17, 15) is 9.18 Å². The van der Waals surface area contributed by atoms with Gasteiger partial charge in [0.05, 0.1) is 12.7 Å². The number of hydrogen-bond acceptors (Lipinski definition) is 2. The van der Waals surface area contributed by atoms with Gasteiger partial charge in [0.2, 0.25) is 5.91 Å². The van der Waals surface area contributed by atoms with Gasteiger partial charge in [0.15, 0.2) is 0 Å². The lowest BCUT2D eigenvalue weighted by atomic mass is 10.1. The maximum absolute atomic E-state index is 13.3. The van der Waals surface area contributed by atoms with E-state index in [2.05, 4.69) is 5.32 Å². The van der Waals surface area contributed by atoms with Gasteiger partial charge in [-0.2, -0.15) is 0 Å². The first-order valence-corrected chi connectivity index (χ1v) is 7.12. The van der Waals surface area contributed by atoms with Gasteiger partial charge in [0, 0.05) is 21.7 Å². The van der Waals surface area contributed by atoms with E-state index in [1.54, 1.807) is 18.2 Å². The Bertz CT molecular complexity index is 857. The third-order valence-corrected chi connectivity index (χ3v) is 3.83. The highest BCUT2D eigenvalue weighted by Crippen LogP contribution is 2.24. The summed E-state index contributed by atoms with van der Waals surface area (Å²) in [4.78, 5) is 12.1. The van der Waals surface area contributed by atoms with Gasteiger partial charge >= 0.3 is 0 Å². The Balaban J connectivity index is 1.78. The molecule has 0 radical (unpaired) electrons. The topological polar surface area (TPSA) is 42.2 Å². The second-order valence-electron chi connectivity index (χ2n) is 5.09. The predicted molar refractivity (Wildman–Crippen MR) is 84.7 cm³/mol. The van der Waals surface area contributed by atoms with E-state index >= 15 is 0 Å². The van der Waals surface area contributed by atoms with Gasteiger partial charge in [-0.15, -0.1) is 0 Å². The fraction of sp³-hybridized carbons (Fsp3) is 0.118. The van der Waals surface area contributed by atoms with Crippen LogP contribution in [0.3, 0.4) is 0 Å². The molecule has 2 aromatic carbocycles. The quantitative estimate of drug-likeness (QED) is 0.759. The highest BCUT2D eigenvalue weighted by atomic mass is 35.5. The Hall–Kier alpha value is -2.33. The number of furan rings is 1. The first kappa shape index (κ1) is 14.6. The minimum atomic E-state index is -0.360. The summed E-state index contributed by atoms with van der Waals surface area (Å²) in [6.45, 7) is 1.89. The van der Waals surface area contributed by atoms with Crippen LogP contribution >= 0.6 is 11.6 Å². The number of amides is 1. The first-order valence-electron chi connectivity index (χ1n) is 6.74. The smallest absolute Gasteiger partial charge is 0.228 e. The average molecular weight is 318 g/mol. The third kappa shape index (κ3) is 2.97. The van der Waals surface area contributed by atoms with E-state index in [0.29, 0.717) is 27.2 Å². The highest BCUT2D eigenvalue weighted by Gasteiger charge is 2.12. The van der Waals surface area contributed by atoms with Gasteiger partial charge in [0.1, 0.15) is 11.4 Å². The molecule has 3 aromatic rings. The molecular weight excluding hydrogens is 305 g/mol. The molecule has 0 atom stereocenters. The van der Waals surface area contributed by atoms with Crippen molar-refractivity contribution < 1.29 is 13.6 Å². The molecule has 0 bridgehead atoms. The summed E-state index contributed by atoms with van der Waals surface area (Å²) in [6.07, 6.45) is 1.58. The highest BCUT2D eigenvalue weighted by molar-refractivity contribution is 6.31. The number of nitrogens with one attached hydrogen (secondary N) is 1. The number of benzene rings is 2. The summed E-state index contributed by atoms with van der Waals surface area (Å²) in [5, 5.41) is 3.97. The Labute approximate surface area is 131 Å². The molecule has 1 N–H and O–H groups in total. The van der Waals surface area contributed by atoms with E-state index in [-0.39, 0.29) is 18.1 Å². The molecule has 0 aliphatic rings. The van der Waals surface area contributed by atoms with Crippen LogP contribution in [-0.4, -0.2) is 5.91 Å². The van der Waals surface area contributed by atoms with Crippen LogP contribution < -0.4 is 5.32 Å². The first-order chi connectivity index (χ1) is 10.5. The SMILES string of the molecule is Cc1ccc(NC(=O)Cc2coc3ccc(F)cc23)cc1Cl. The molecule has 0 saturated heterocycles. The normalized spacial score (nSPS) is 10.9. The van der Waals surface area contributed by atoms with Crippen molar-refractivity contribution >= 4 is 34.2 Å². The molecule has 3 rings (SSSR count). The molecule has 0 spiro atoms. The largest absolute Gasteiger partial charge is 0.464 e. The molecule has 22 heavy (non-hydrogen) atoms. The predicted octanol–water partition coefficient (Wildman–Crippen LogP) is 4.71. The van der Waals surface area contributed by atoms with Crippen molar-refractivity contribution in [2.45, 2.75) is 13.3 Å². The fourth-order valence-corrected chi connectivity index (χ4v) is 2.42. The number of halogens is 2. The summed E-state index contributed by atoms with van der Waals surface area (Å²) in [5.74, 6) is -0.576. The van der Waals surface area contributed by atoms with Gasteiger partial charge in [-0.25, -0.2) is 4.39 Å². The summed E-state index contributed by atoms with van der Waals surface area (Å²) < 4.78 is 18.6. The van der Waals surface area contributed by atoms with Crippen LogP contribution in [0.4, 0.5) is 10.1 Å². The van der Waals surface area contributed by atoms with Crippen molar-refractivity contribution in [3.8, 4) is 0 Å². The number of hydrogen-bond donors (Lipinski definition) is 1. The van der Waals surface area contributed by atoms with E-state index < -0.39 is 0 Å². The second-order valence-corrected chi connectivity index (χ2v) is 5.50. The molecule has 0 aliphatic carbocycles. The van der Waals surface area contributed by atoms with Gasteiger partial charge in [-0.1, -0.05) is 17.7 Å². The number of rotatable bonds is 3. The van der Waals surface area contributed by atoms with Crippen molar-refractivity contribution in [3.05, 3.63) is 64.6 Å². The van der Waals surface area contributed by atoms with Crippen LogP contribution in [0.2, 0.25) is 5.02 Å². The molecule has 1 amide bonds. The van der Waals surface area contributed by atoms with Crippen molar-refractivity contribution in [1.82, 2.24) is 0 Å². The lowest BCUT2D eigenvalue weighted by Crippen LogP contribution is -2.14. The van der Waals surface area contributed by atoms with Crippen LogP contribution in [0.1, 0.15) is 11.1 Å². The Morgan fingerprint density at radius 3 is 2.86 bits per heavy atom. The second kappa shape index (κ2) is 5.81. The van der Waals surface area contributed by atoms with Crippen LogP contribution in [0.15, 0.2) is 47.1 Å². The summed E-state index contributed by atoms with van der Waals surface area (Å²) in [6, 6.07) is 9.55. The number of aryl methyl sites for hydroxylation is 1. The lowest BCUT2D eigenvalue weighted by molar-refractivity contribution is -0.115. The van der Waals surface area contributed by atoms with Crippen molar-refractivity contribution in [3.63, 3.8) is 0 Å². The molecule has 0 aliphatic heterocycles. The van der Waals surface area contributed by atoms with Gasteiger partial charge < -0.3 is 9.73 Å². The van der Waals surface area contributed by atoms with E-state index in [4.69, 9.17) is 16.0 Å². The number of carbonyl (C=O) groups is 1. The Morgan fingerprint density at radius 2 is 2.09 bits per heavy atom. The van der Waals surface area contributed by atoms with Gasteiger partial charge in [0.25, 0.3) is 0 Å². The Morgan fingerprint density at radius 1 is 1.27 bits per heavy atom. The molecule has 112 valence electrons. The molecule has 5 heteroatoms. The molecule has 0 unspecified atom stereocenters. The third-order valence-electron chi connectivity index (χ3n) is 3.42. The lowest BCUT2D eigenvalue weighted by Gasteiger charge is -2.06. The van der Waals surface area contributed by atoms with Crippen LogP contribution in [0.25, 0.3) is 11.0 Å². The van der Waals surface area contributed by atoms with Crippen LogP contribution in [-0.2, 0) is 11.2 Å². The average Bonchev–Trinajstić information content (AvgIpc) is 2.85. The molecule has 1 aromatic heterocycles. The molecule has 3 nitrogen and oxygen atoms in total. The summed E-state index contributed by atoms with van der Waals surface area (Å²) in [7, 11) is 0. The minimum Gasteiger partial charge on any atom is -0.464 e. The Kier molecular flexibility index (Phi) is 3.86. The van der Waals surface area contributed by atoms with E-state index in [1.165, 1.54) is 18.4 Å². The molecule has 0 fully saturated rings. The van der Waals surface area contributed by atoms with Crippen molar-refractivity contribution in [2.24, 2.45) is 0 Å². The monoisotopic (exact) mass is 317 g/mol. The molecular formula is C17H13ClFNO2. The van der Waals surface area contributed by atoms with Gasteiger partial charge in [-0.3, -0.25) is 4.79 Å². The fourth-order valence-electron chi connectivity index (χ4n) is 2.24. The van der Waals surface area contributed by atoms with Crippen LogP contribution in [0, 0.1) is 12.7 Å². The van der Waals surface area contributed by atoms with Crippen molar-refractivity contribution in [1.29, 1.82) is 0 Å². The zero-order valence-corrected chi connectivity index (χ0v) is 12.6. The summed E-state index contributed by atoms with van der Waals surface area (Å²) >= 11 is 6.03. The van der Waals surface area contributed by atoms with Crippen LogP contribution in [0.5, 0.6) is 0 Å². The summed E-state index contributed by atoms with van der Waals surface area (Å²) in [5.41, 5.74) is 2.77. The maximum atomic E-state index is 13.3. The van der Waals surface area contributed by atoms with E-state index in [0.717, 1.165) is 5.56 Å². The number of fused-ring (bicyclic) bond motifs is 1. The number of anilines is 1. The molecule has 1 heterocycles. The zero-order chi connectivity index (χ0) is 15.7. The molecule has 0 saturated carbocycles. The minimum absolute atomic E-state index is 0.0992. The maximum Gasteiger partial charge on any atom is 0.228 e. The number of carbonyl (C=O) groups excluding carboxylic acids is 1. The zero-order valence-electron chi connectivity index (χ0n) is 11.8. The van der Waals surface area contributed by atoms with Gasteiger partial charge in [-0.05, 0) is 42.8 Å².